The van der Waals surface area contributed by atoms with Crippen molar-refractivity contribution >= 4 is 17.2 Å². The summed E-state index contributed by atoms with van der Waals surface area (Å²) < 4.78 is 28.9. The Morgan fingerprint density at radius 2 is 1.80 bits per heavy atom. The van der Waals surface area contributed by atoms with Crippen molar-refractivity contribution in [3.63, 3.8) is 0 Å². The summed E-state index contributed by atoms with van der Waals surface area (Å²) in [6.45, 7) is 4.44. The van der Waals surface area contributed by atoms with E-state index in [2.05, 4.69) is 4.99 Å². The lowest BCUT2D eigenvalue weighted by Gasteiger charge is -2.07. The van der Waals surface area contributed by atoms with E-state index < -0.39 is 11.7 Å². The first-order chi connectivity index (χ1) is 12.0. The second kappa shape index (κ2) is 7.11. The van der Waals surface area contributed by atoms with E-state index in [1.165, 1.54) is 41.7 Å². The molecule has 0 aliphatic carbocycles. The van der Waals surface area contributed by atoms with Crippen molar-refractivity contribution in [3.05, 3.63) is 75.4 Å². The van der Waals surface area contributed by atoms with Crippen LogP contribution in [0.1, 0.15) is 22.2 Å². The Labute approximate surface area is 147 Å². The lowest BCUT2D eigenvalue weighted by atomic mass is 10.1. The average molecular weight is 358 g/mol. The normalized spacial score (nSPS) is 11.8. The van der Waals surface area contributed by atoms with E-state index in [0.29, 0.717) is 11.3 Å². The van der Waals surface area contributed by atoms with Gasteiger partial charge in [-0.25, -0.2) is 8.78 Å². The minimum Gasteiger partial charge on any atom is -0.316 e. The zero-order chi connectivity index (χ0) is 18.0. The van der Waals surface area contributed by atoms with Crippen molar-refractivity contribution in [1.29, 1.82) is 0 Å². The van der Waals surface area contributed by atoms with E-state index in [-0.39, 0.29) is 11.4 Å². The van der Waals surface area contributed by atoms with Crippen LogP contribution >= 0.6 is 11.3 Å². The number of nitrogens with zero attached hydrogens (tertiary/aromatic N) is 2. The highest BCUT2D eigenvalue weighted by Crippen LogP contribution is 2.25. The number of thiazole rings is 1. The summed E-state index contributed by atoms with van der Waals surface area (Å²) in [6.07, 6.45) is 0. The molecule has 1 aromatic heterocycles. The third-order valence-electron chi connectivity index (χ3n) is 3.81. The van der Waals surface area contributed by atoms with Crippen molar-refractivity contribution in [2.75, 3.05) is 0 Å². The Morgan fingerprint density at radius 3 is 2.44 bits per heavy atom. The predicted octanol–water partition coefficient (Wildman–Crippen LogP) is 4.56. The van der Waals surface area contributed by atoms with Crippen LogP contribution in [-0.2, 0) is 6.54 Å². The van der Waals surface area contributed by atoms with Crippen LogP contribution in [-0.4, -0.2) is 10.5 Å². The molecule has 2 aromatic carbocycles. The number of rotatable bonds is 3. The van der Waals surface area contributed by atoms with Gasteiger partial charge in [-0.2, -0.15) is 4.99 Å². The molecule has 25 heavy (non-hydrogen) atoms. The molecular weight excluding hydrogens is 342 g/mol. The van der Waals surface area contributed by atoms with Gasteiger partial charge in [0.2, 0.25) is 0 Å². The van der Waals surface area contributed by atoms with Gasteiger partial charge >= 0.3 is 0 Å². The van der Waals surface area contributed by atoms with Crippen LogP contribution in [0.15, 0.2) is 53.5 Å². The van der Waals surface area contributed by atoms with Gasteiger partial charge in [0, 0.05) is 11.4 Å². The van der Waals surface area contributed by atoms with Gasteiger partial charge < -0.3 is 4.57 Å². The van der Waals surface area contributed by atoms with Crippen molar-refractivity contribution in [2.45, 2.75) is 20.4 Å². The van der Waals surface area contributed by atoms with E-state index in [9.17, 15) is 13.6 Å². The average Bonchev–Trinajstić information content (AvgIpc) is 2.91. The smallest absolute Gasteiger partial charge is 0.282 e. The molecule has 0 spiro atoms. The molecule has 0 fully saturated rings. The minimum absolute atomic E-state index is 0.0560. The molecule has 1 amide bonds. The van der Waals surface area contributed by atoms with E-state index in [1.807, 2.05) is 18.4 Å². The second-order valence-corrected chi connectivity index (χ2v) is 6.62. The number of aromatic nitrogens is 1. The third kappa shape index (κ3) is 3.44. The van der Waals surface area contributed by atoms with Gasteiger partial charge in [0.05, 0.1) is 11.3 Å². The fourth-order valence-corrected chi connectivity index (χ4v) is 3.71. The fraction of sp³-hybridized carbons (Fsp3) is 0.158. The van der Waals surface area contributed by atoms with Crippen LogP contribution in [0.5, 0.6) is 0 Å². The topological polar surface area (TPSA) is 34.4 Å². The van der Waals surface area contributed by atoms with Crippen LogP contribution < -0.4 is 4.80 Å². The minimum atomic E-state index is -0.618. The number of carbonyl (C=O) groups is 1. The molecule has 0 saturated carbocycles. The van der Waals surface area contributed by atoms with Gasteiger partial charge in [-0.05, 0) is 55.8 Å². The van der Waals surface area contributed by atoms with Gasteiger partial charge in [-0.1, -0.05) is 12.1 Å². The molecule has 0 saturated heterocycles. The summed E-state index contributed by atoms with van der Waals surface area (Å²) in [4.78, 5) is 17.9. The summed E-state index contributed by atoms with van der Waals surface area (Å²) in [5, 5.41) is 0. The summed E-state index contributed by atoms with van der Waals surface area (Å²) >= 11 is 1.35. The highest BCUT2D eigenvalue weighted by atomic mass is 32.1. The molecular formula is C19H16F2N2OS. The maximum Gasteiger partial charge on any atom is 0.282 e. The Kier molecular flexibility index (Phi) is 4.90. The van der Waals surface area contributed by atoms with Crippen LogP contribution in [0, 0.1) is 18.6 Å². The molecule has 1 heterocycles. The van der Waals surface area contributed by atoms with Gasteiger partial charge in [0.25, 0.3) is 5.91 Å². The zero-order valence-corrected chi connectivity index (χ0v) is 14.6. The summed E-state index contributed by atoms with van der Waals surface area (Å²) in [6, 6.07) is 12.0. The van der Waals surface area contributed by atoms with E-state index >= 15 is 0 Å². The summed E-state index contributed by atoms with van der Waals surface area (Å²) in [7, 11) is 0. The monoisotopic (exact) mass is 358 g/mol. The van der Waals surface area contributed by atoms with E-state index in [4.69, 9.17) is 0 Å². The Balaban J connectivity index is 2.12. The fourth-order valence-electron chi connectivity index (χ4n) is 2.65. The standard InChI is InChI=1S/C19H16F2N2OS/c1-3-23-17(13-8-10-14(20)11-9-13)12(2)25-19(23)22-18(24)15-6-4-5-7-16(15)21/h4-11H,3H2,1-2H3. The molecule has 0 aliphatic rings. The number of amides is 1. The predicted molar refractivity (Wildman–Crippen MR) is 94.4 cm³/mol. The number of hydrogen-bond donors (Lipinski definition) is 0. The maximum absolute atomic E-state index is 13.8. The molecule has 0 unspecified atom stereocenters. The van der Waals surface area contributed by atoms with E-state index in [1.54, 1.807) is 18.2 Å². The quantitative estimate of drug-likeness (QED) is 0.676. The number of benzene rings is 2. The van der Waals surface area contributed by atoms with Gasteiger partial charge in [-0.15, -0.1) is 11.3 Å². The van der Waals surface area contributed by atoms with Crippen molar-refractivity contribution in [2.24, 2.45) is 4.99 Å². The molecule has 3 nitrogen and oxygen atoms in total. The summed E-state index contributed by atoms with van der Waals surface area (Å²) in [5.41, 5.74) is 1.67. The summed E-state index contributed by atoms with van der Waals surface area (Å²) in [5.74, 6) is -1.52. The Hall–Kier alpha value is -2.60. The van der Waals surface area contributed by atoms with Crippen LogP contribution in [0.3, 0.4) is 0 Å². The lowest BCUT2D eigenvalue weighted by molar-refractivity contribution is 0.0994. The van der Waals surface area contributed by atoms with Gasteiger partial charge in [0.1, 0.15) is 11.6 Å². The first kappa shape index (κ1) is 17.2. The molecule has 6 heteroatoms. The zero-order valence-electron chi connectivity index (χ0n) is 13.8. The molecule has 0 N–H and O–H groups in total. The van der Waals surface area contributed by atoms with E-state index in [0.717, 1.165) is 16.1 Å². The number of aryl methyl sites for hydroxylation is 1. The van der Waals surface area contributed by atoms with Gasteiger partial charge in [0.15, 0.2) is 4.80 Å². The molecule has 3 rings (SSSR count). The third-order valence-corrected chi connectivity index (χ3v) is 4.81. The van der Waals surface area contributed by atoms with Crippen LogP contribution in [0.2, 0.25) is 0 Å². The Morgan fingerprint density at radius 1 is 1.12 bits per heavy atom. The first-order valence-corrected chi connectivity index (χ1v) is 8.62. The maximum atomic E-state index is 13.8. The molecule has 3 aromatic rings. The lowest BCUT2D eigenvalue weighted by Crippen LogP contribution is -2.17. The molecule has 128 valence electrons. The second-order valence-electron chi connectivity index (χ2n) is 5.44. The van der Waals surface area contributed by atoms with Gasteiger partial charge in [-0.3, -0.25) is 4.79 Å². The molecule has 0 atom stereocenters. The number of halogens is 2. The van der Waals surface area contributed by atoms with Crippen molar-refractivity contribution in [1.82, 2.24) is 4.57 Å². The Bertz CT molecular complexity index is 987. The number of hydrogen-bond acceptors (Lipinski definition) is 2. The highest BCUT2D eigenvalue weighted by Gasteiger charge is 2.14. The highest BCUT2D eigenvalue weighted by molar-refractivity contribution is 7.09. The first-order valence-electron chi connectivity index (χ1n) is 7.81. The number of carbonyl (C=O) groups excluding carboxylic acids is 1. The largest absolute Gasteiger partial charge is 0.316 e. The van der Waals surface area contributed by atoms with Crippen LogP contribution in [0.25, 0.3) is 11.3 Å². The molecule has 0 bridgehead atoms. The van der Waals surface area contributed by atoms with Crippen molar-refractivity contribution in [3.8, 4) is 11.3 Å². The van der Waals surface area contributed by atoms with Crippen molar-refractivity contribution < 1.29 is 13.6 Å². The SMILES string of the molecule is CCn1c(-c2ccc(F)cc2)c(C)sc1=NC(=O)c1ccccc1F. The van der Waals surface area contributed by atoms with Crippen LogP contribution in [0.4, 0.5) is 8.78 Å². The molecule has 0 aliphatic heterocycles. The molecule has 0 radical (unpaired) electrons.